The van der Waals surface area contributed by atoms with Crippen LogP contribution in [0.2, 0.25) is 0 Å². The average Bonchev–Trinajstić information content (AvgIpc) is 2.74. The maximum atomic E-state index is 12.9. The van der Waals surface area contributed by atoms with E-state index in [0.717, 1.165) is 0 Å². The molecular weight excluding hydrogens is 452 g/mol. The maximum absolute atomic E-state index is 12.9. The van der Waals surface area contributed by atoms with Gasteiger partial charge in [0.2, 0.25) is 29.5 Å². The van der Waals surface area contributed by atoms with E-state index in [1.165, 1.54) is 6.92 Å². The molecule has 0 rings (SSSR count). The Labute approximate surface area is 197 Å². The molecule has 0 aromatic carbocycles. The Hall–Kier alpha value is -3.26. The van der Waals surface area contributed by atoms with Crippen molar-refractivity contribution in [3.8, 4) is 0 Å². The first kappa shape index (κ1) is 30.7. The summed E-state index contributed by atoms with van der Waals surface area (Å²) in [6.07, 6.45) is -1.68. The van der Waals surface area contributed by atoms with Crippen LogP contribution in [0.15, 0.2) is 0 Å². The number of nitrogens with two attached hydrogens (primary N) is 3. The second-order valence-electron chi connectivity index (χ2n) is 8.11. The van der Waals surface area contributed by atoms with Gasteiger partial charge in [-0.05, 0) is 25.7 Å². The molecule has 0 aromatic rings. The Bertz CT molecular complexity index is 759. The van der Waals surface area contributed by atoms with Crippen LogP contribution in [0.5, 0.6) is 0 Å². The highest BCUT2D eigenvalue weighted by Gasteiger charge is 2.34. The molecule has 0 radical (unpaired) electrons. The Balaban J connectivity index is 5.59. The van der Waals surface area contributed by atoms with Crippen molar-refractivity contribution < 1.29 is 39.0 Å². The quantitative estimate of drug-likeness (QED) is 0.109. The van der Waals surface area contributed by atoms with Crippen molar-refractivity contribution in [2.45, 2.75) is 83.1 Å². The molecule has 0 aromatic heterocycles. The molecule has 0 fully saturated rings. The van der Waals surface area contributed by atoms with Gasteiger partial charge in [0.25, 0.3) is 0 Å². The number of rotatable bonds is 16. The number of carboxylic acid groups (broad SMARTS) is 1. The van der Waals surface area contributed by atoms with Gasteiger partial charge in [0.15, 0.2) is 6.04 Å². The van der Waals surface area contributed by atoms with E-state index >= 15 is 0 Å². The Kier molecular flexibility index (Phi) is 13.4. The van der Waals surface area contributed by atoms with Crippen LogP contribution in [-0.4, -0.2) is 76.0 Å². The Morgan fingerprint density at radius 1 is 0.794 bits per heavy atom. The zero-order valence-electron chi connectivity index (χ0n) is 19.6. The second kappa shape index (κ2) is 14.8. The molecule has 194 valence electrons. The normalized spacial score (nSPS) is 16.1. The summed E-state index contributed by atoms with van der Waals surface area (Å²) in [5, 5.41) is 25.8. The highest BCUT2D eigenvalue weighted by atomic mass is 16.4. The van der Waals surface area contributed by atoms with Crippen LogP contribution in [0, 0.1) is 5.92 Å². The number of carboxylic acids is 1. The molecule has 34 heavy (non-hydrogen) atoms. The lowest BCUT2D eigenvalue weighted by Crippen LogP contribution is -2.59. The van der Waals surface area contributed by atoms with E-state index in [1.807, 2.05) is 0 Å². The number of carbonyl (C=O) groups excluding carboxylic acids is 5. The van der Waals surface area contributed by atoms with Gasteiger partial charge < -0.3 is 43.4 Å². The number of hydrogen-bond donors (Lipinski definition) is 8. The summed E-state index contributed by atoms with van der Waals surface area (Å²) >= 11 is 0. The lowest BCUT2D eigenvalue weighted by Gasteiger charge is -2.28. The van der Waals surface area contributed by atoms with Gasteiger partial charge in [0.1, 0.15) is 12.1 Å². The van der Waals surface area contributed by atoms with E-state index in [9.17, 15) is 39.0 Å². The van der Waals surface area contributed by atoms with Crippen LogP contribution in [0.4, 0.5) is 0 Å². The van der Waals surface area contributed by atoms with Gasteiger partial charge in [-0.3, -0.25) is 24.0 Å². The van der Waals surface area contributed by atoms with E-state index in [1.54, 1.807) is 13.8 Å². The Morgan fingerprint density at radius 2 is 1.29 bits per heavy atom. The van der Waals surface area contributed by atoms with Crippen molar-refractivity contribution in [2.24, 2.45) is 23.1 Å². The lowest BCUT2D eigenvalue weighted by atomic mass is 9.96. The highest BCUT2D eigenvalue weighted by Crippen LogP contribution is 2.11. The summed E-state index contributed by atoms with van der Waals surface area (Å²) in [6, 6.07) is -5.28. The molecule has 0 heterocycles. The molecule has 0 bridgehead atoms. The van der Waals surface area contributed by atoms with Crippen molar-refractivity contribution in [3.05, 3.63) is 0 Å². The predicted molar refractivity (Wildman–Crippen MR) is 119 cm³/mol. The Morgan fingerprint density at radius 3 is 1.74 bits per heavy atom. The summed E-state index contributed by atoms with van der Waals surface area (Å²) < 4.78 is 0. The number of nitrogens with one attached hydrogen (secondary N) is 3. The predicted octanol–water partition coefficient (Wildman–Crippen LogP) is -3.19. The van der Waals surface area contributed by atoms with Gasteiger partial charge in [0, 0.05) is 12.8 Å². The molecule has 6 unspecified atom stereocenters. The molecule has 0 saturated heterocycles. The third-order valence-electron chi connectivity index (χ3n) is 5.19. The fraction of sp³-hybridized carbons (Fsp3) is 0.700. The number of hydrogen-bond acceptors (Lipinski definition) is 8. The third-order valence-corrected chi connectivity index (χ3v) is 5.19. The van der Waals surface area contributed by atoms with Crippen molar-refractivity contribution >= 4 is 35.5 Å². The van der Waals surface area contributed by atoms with Gasteiger partial charge in [0.05, 0.1) is 12.1 Å². The molecule has 6 atom stereocenters. The maximum Gasteiger partial charge on any atom is 0.328 e. The van der Waals surface area contributed by atoms with Crippen LogP contribution in [0.3, 0.4) is 0 Å². The average molecular weight is 489 g/mol. The van der Waals surface area contributed by atoms with Crippen LogP contribution in [-0.2, 0) is 28.8 Å². The van der Waals surface area contributed by atoms with Gasteiger partial charge in [-0.1, -0.05) is 20.3 Å². The minimum atomic E-state index is -1.61. The number of primary amides is 2. The number of amides is 5. The fourth-order valence-corrected chi connectivity index (χ4v) is 2.85. The van der Waals surface area contributed by atoms with Crippen LogP contribution in [0.1, 0.15) is 52.9 Å². The molecule has 0 aliphatic rings. The van der Waals surface area contributed by atoms with Gasteiger partial charge in [-0.25, -0.2) is 4.79 Å². The third kappa shape index (κ3) is 11.0. The summed E-state index contributed by atoms with van der Waals surface area (Å²) in [7, 11) is 0. The largest absolute Gasteiger partial charge is 0.480 e. The van der Waals surface area contributed by atoms with Crippen molar-refractivity contribution in [2.75, 3.05) is 0 Å². The minimum Gasteiger partial charge on any atom is -0.480 e. The summed E-state index contributed by atoms with van der Waals surface area (Å²) in [4.78, 5) is 71.5. The van der Waals surface area contributed by atoms with E-state index < -0.39 is 71.7 Å². The summed E-state index contributed by atoms with van der Waals surface area (Å²) in [6.45, 7) is 4.57. The molecule has 14 heteroatoms. The number of carbonyl (C=O) groups is 6. The standard InChI is InChI=1S/C20H36N6O8/c1-4-9(2)15(19(32)26-16(10(3)27)20(33)34)25-18(31)12(6-8-14(23)29)24-17(30)11(21)5-7-13(22)28/h9-12,15-16,27H,4-8,21H2,1-3H3,(H2,22,28)(H2,23,29)(H,24,30)(H,25,31)(H,26,32)(H,33,34). The van der Waals surface area contributed by atoms with Gasteiger partial charge >= 0.3 is 5.97 Å². The fourth-order valence-electron chi connectivity index (χ4n) is 2.85. The van der Waals surface area contributed by atoms with E-state index in [0.29, 0.717) is 6.42 Å². The summed E-state index contributed by atoms with van der Waals surface area (Å²) in [5.74, 6) is -5.79. The van der Waals surface area contributed by atoms with Crippen molar-refractivity contribution in [3.63, 3.8) is 0 Å². The molecule has 14 nitrogen and oxygen atoms in total. The van der Waals surface area contributed by atoms with Gasteiger partial charge in [-0.15, -0.1) is 0 Å². The van der Waals surface area contributed by atoms with Crippen LogP contribution >= 0.6 is 0 Å². The molecule has 0 aliphatic carbocycles. The number of aliphatic hydroxyl groups excluding tert-OH is 1. The van der Waals surface area contributed by atoms with Gasteiger partial charge in [-0.2, -0.15) is 0 Å². The van der Waals surface area contributed by atoms with E-state index in [2.05, 4.69) is 16.0 Å². The molecule has 0 spiro atoms. The van der Waals surface area contributed by atoms with E-state index in [-0.39, 0.29) is 25.7 Å². The monoisotopic (exact) mass is 488 g/mol. The first-order valence-corrected chi connectivity index (χ1v) is 10.8. The summed E-state index contributed by atoms with van der Waals surface area (Å²) in [5.41, 5.74) is 15.9. The molecule has 0 aliphatic heterocycles. The van der Waals surface area contributed by atoms with Crippen molar-refractivity contribution in [1.29, 1.82) is 0 Å². The first-order valence-electron chi connectivity index (χ1n) is 10.8. The smallest absolute Gasteiger partial charge is 0.328 e. The number of aliphatic hydroxyl groups is 1. The zero-order chi connectivity index (χ0) is 26.6. The SMILES string of the molecule is CCC(C)C(NC(=O)C(CCC(N)=O)NC(=O)C(N)CCC(N)=O)C(=O)NC(C(=O)O)C(C)O. The zero-order valence-corrected chi connectivity index (χ0v) is 19.6. The molecule has 5 amide bonds. The van der Waals surface area contributed by atoms with Crippen molar-refractivity contribution in [1.82, 2.24) is 16.0 Å². The topological polar surface area (TPSA) is 257 Å². The highest BCUT2D eigenvalue weighted by molar-refractivity contribution is 5.94. The molecule has 11 N–H and O–H groups in total. The van der Waals surface area contributed by atoms with Crippen LogP contribution in [0.25, 0.3) is 0 Å². The second-order valence-corrected chi connectivity index (χ2v) is 8.11. The molecular formula is C20H36N6O8. The van der Waals surface area contributed by atoms with Crippen LogP contribution < -0.4 is 33.2 Å². The number of aliphatic carboxylic acids is 1. The van der Waals surface area contributed by atoms with E-state index in [4.69, 9.17) is 17.2 Å². The first-order chi connectivity index (χ1) is 15.7. The molecule has 0 saturated carbocycles. The minimum absolute atomic E-state index is 0.0703. The lowest BCUT2D eigenvalue weighted by molar-refractivity contribution is -0.145.